The standard InChI is InChI=1S/C17H29FN4O/c18-16-6-1-5-15(13-16)14-17(23)22-12-4-11-21-10-3-9-20-8-2-7-19/h1,5-6,13,20-21H,2-4,7-12,14,19H2,(H,22,23). The maximum atomic E-state index is 13.0. The Morgan fingerprint density at radius 1 is 1.00 bits per heavy atom. The van der Waals surface area contributed by atoms with Crippen LogP contribution in [-0.4, -0.2) is 45.2 Å². The van der Waals surface area contributed by atoms with Crippen LogP contribution in [0.25, 0.3) is 0 Å². The molecular formula is C17H29FN4O. The summed E-state index contributed by atoms with van der Waals surface area (Å²) in [6, 6.07) is 6.14. The van der Waals surface area contributed by atoms with Gasteiger partial charge in [0.1, 0.15) is 5.82 Å². The van der Waals surface area contributed by atoms with E-state index >= 15 is 0 Å². The van der Waals surface area contributed by atoms with Crippen molar-refractivity contribution in [2.45, 2.75) is 25.7 Å². The summed E-state index contributed by atoms with van der Waals surface area (Å²) < 4.78 is 13.0. The Morgan fingerprint density at radius 3 is 2.30 bits per heavy atom. The van der Waals surface area contributed by atoms with Gasteiger partial charge in [-0.25, -0.2) is 4.39 Å². The molecule has 1 aromatic carbocycles. The zero-order valence-corrected chi connectivity index (χ0v) is 13.7. The molecule has 0 aliphatic heterocycles. The molecule has 0 aliphatic rings. The first-order chi connectivity index (χ1) is 11.2. The van der Waals surface area contributed by atoms with Gasteiger partial charge in [0.25, 0.3) is 0 Å². The van der Waals surface area contributed by atoms with E-state index in [-0.39, 0.29) is 18.1 Å². The number of carbonyl (C=O) groups is 1. The number of benzene rings is 1. The lowest BCUT2D eigenvalue weighted by Crippen LogP contribution is -2.29. The molecule has 1 aromatic rings. The second-order valence-electron chi connectivity index (χ2n) is 5.51. The van der Waals surface area contributed by atoms with Crippen LogP contribution in [0.15, 0.2) is 24.3 Å². The van der Waals surface area contributed by atoms with E-state index in [4.69, 9.17) is 5.73 Å². The van der Waals surface area contributed by atoms with Crippen LogP contribution in [0, 0.1) is 5.82 Å². The first-order valence-electron chi connectivity index (χ1n) is 8.35. The summed E-state index contributed by atoms with van der Waals surface area (Å²) in [6.45, 7) is 5.19. The summed E-state index contributed by atoms with van der Waals surface area (Å²) in [5, 5.41) is 9.52. The first-order valence-corrected chi connectivity index (χ1v) is 8.35. The van der Waals surface area contributed by atoms with Crippen LogP contribution >= 0.6 is 0 Å². The number of nitrogens with two attached hydrogens (primary N) is 1. The number of hydrogen-bond donors (Lipinski definition) is 4. The van der Waals surface area contributed by atoms with Crippen molar-refractivity contribution < 1.29 is 9.18 Å². The highest BCUT2D eigenvalue weighted by Crippen LogP contribution is 2.03. The highest BCUT2D eigenvalue weighted by Gasteiger charge is 2.03. The zero-order valence-electron chi connectivity index (χ0n) is 13.7. The largest absolute Gasteiger partial charge is 0.356 e. The fraction of sp³-hybridized carbons (Fsp3) is 0.588. The minimum atomic E-state index is -0.308. The van der Waals surface area contributed by atoms with E-state index < -0.39 is 0 Å². The molecule has 0 aromatic heterocycles. The van der Waals surface area contributed by atoms with E-state index in [2.05, 4.69) is 16.0 Å². The monoisotopic (exact) mass is 324 g/mol. The molecule has 0 aliphatic carbocycles. The normalized spacial score (nSPS) is 10.7. The summed E-state index contributed by atoms with van der Waals surface area (Å²) in [6.07, 6.45) is 3.20. The van der Waals surface area contributed by atoms with Crippen molar-refractivity contribution in [2.24, 2.45) is 5.73 Å². The van der Waals surface area contributed by atoms with Gasteiger partial charge >= 0.3 is 0 Å². The molecule has 0 unspecified atom stereocenters. The molecule has 1 amide bonds. The van der Waals surface area contributed by atoms with Crippen molar-refractivity contribution in [3.8, 4) is 0 Å². The summed E-state index contributed by atoms with van der Waals surface area (Å²) in [5.74, 6) is -0.378. The Bertz CT molecular complexity index is 442. The predicted octanol–water partition coefficient (Wildman–Crippen LogP) is 0.793. The third kappa shape index (κ3) is 10.8. The molecule has 0 saturated heterocycles. The second-order valence-corrected chi connectivity index (χ2v) is 5.51. The minimum absolute atomic E-state index is 0.0697. The van der Waals surface area contributed by atoms with Gasteiger partial charge in [0, 0.05) is 6.54 Å². The number of rotatable bonds is 13. The maximum Gasteiger partial charge on any atom is 0.224 e. The molecule has 0 bridgehead atoms. The molecule has 0 saturated carbocycles. The Morgan fingerprint density at radius 2 is 1.65 bits per heavy atom. The van der Waals surface area contributed by atoms with E-state index in [1.54, 1.807) is 12.1 Å². The summed E-state index contributed by atoms with van der Waals surface area (Å²) in [4.78, 5) is 11.7. The van der Waals surface area contributed by atoms with E-state index in [0.717, 1.165) is 52.0 Å². The number of halogens is 1. The smallest absolute Gasteiger partial charge is 0.224 e. The van der Waals surface area contributed by atoms with Gasteiger partial charge in [-0.05, 0) is 69.7 Å². The topological polar surface area (TPSA) is 79.2 Å². The van der Waals surface area contributed by atoms with Crippen LogP contribution in [0.1, 0.15) is 24.8 Å². The molecule has 0 heterocycles. The average Bonchev–Trinajstić information content (AvgIpc) is 2.52. The molecule has 1 rings (SSSR count). The lowest BCUT2D eigenvalue weighted by Gasteiger charge is -2.07. The van der Waals surface area contributed by atoms with Crippen LogP contribution in [0.3, 0.4) is 0 Å². The molecule has 0 spiro atoms. The third-order valence-corrected chi connectivity index (χ3v) is 3.37. The van der Waals surface area contributed by atoms with Gasteiger partial charge in [-0.3, -0.25) is 4.79 Å². The van der Waals surface area contributed by atoms with Crippen molar-refractivity contribution >= 4 is 5.91 Å². The van der Waals surface area contributed by atoms with E-state index in [1.807, 2.05) is 0 Å². The van der Waals surface area contributed by atoms with E-state index in [0.29, 0.717) is 12.1 Å². The molecule has 0 radical (unpaired) electrons. The molecule has 0 atom stereocenters. The molecular weight excluding hydrogens is 295 g/mol. The Labute approximate surface area is 138 Å². The van der Waals surface area contributed by atoms with Gasteiger partial charge in [-0.2, -0.15) is 0 Å². The van der Waals surface area contributed by atoms with Crippen LogP contribution in [0.4, 0.5) is 4.39 Å². The predicted molar refractivity (Wildman–Crippen MR) is 91.8 cm³/mol. The molecule has 5 nitrogen and oxygen atoms in total. The molecule has 6 heteroatoms. The van der Waals surface area contributed by atoms with Crippen LogP contribution < -0.4 is 21.7 Å². The SMILES string of the molecule is NCCCNCCCNCCCNC(=O)Cc1cccc(F)c1. The Hall–Kier alpha value is -1.50. The summed E-state index contributed by atoms with van der Waals surface area (Å²) in [7, 11) is 0. The quantitative estimate of drug-likeness (QED) is 0.405. The van der Waals surface area contributed by atoms with Gasteiger partial charge in [-0.1, -0.05) is 12.1 Å². The molecule has 0 fully saturated rings. The Kier molecular flexibility index (Phi) is 11.0. The molecule has 23 heavy (non-hydrogen) atoms. The lowest BCUT2D eigenvalue weighted by atomic mass is 10.1. The van der Waals surface area contributed by atoms with Gasteiger partial charge in [0.2, 0.25) is 5.91 Å². The van der Waals surface area contributed by atoms with Gasteiger partial charge in [0.15, 0.2) is 0 Å². The average molecular weight is 324 g/mol. The van der Waals surface area contributed by atoms with Gasteiger partial charge < -0.3 is 21.7 Å². The highest BCUT2D eigenvalue weighted by atomic mass is 19.1. The van der Waals surface area contributed by atoms with Gasteiger partial charge in [0.05, 0.1) is 6.42 Å². The number of carbonyl (C=O) groups excluding carboxylic acids is 1. The van der Waals surface area contributed by atoms with Crippen molar-refractivity contribution in [3.63, 3.8) is 0 Å². The van der Waals surface area contributed by atoms with E-state index in [1.165, 1.54) is 12.1 Å². The van der Waals surface area contributed by atoms with Crippen molar-refractivity contribution in [1.82, 2.24) is 16.0 Å². The van der Waals surface area contributed by atoms with Crippen molar-refractivity contribution in [3.05, 3.63) is 35.6 Å². The Balaban J connectivity index is 1.91. The molecule has 5 N–H and O–H groups in total. The van der Waals surface area contributed by atoms with Crippen molar-refractivity contribution in [2.75, 3.05) is 39.3 Å². The van der Waals surface area contributed by atoms with E-state index in [9.17, 15) is 9.18 Å². The fourth-order valence-electron chi connectivity index (χ4n) is 2.15. The van der Waals surface area contributed by atoms with Crippen molar-refractivity contribution in [1.29, 1.82) is 0 Å². The summed E-state index contributed by atoms with van der Waals surface area (Å²) >= 11 is 0. The zero-order chi connectivity index (χ0) is 16.8. The first kappa shape index (κ1) is 19.5. The maximum absolute atomic E-state index is 13.0. The minimum Gasteiger partial charge on any atom is -0.356 e. The lowest BCUT2D eigenvalue weighted by molar-refractivity contribution is -0.120. The van der Waals surface area contributed by atoms with Gasteiger partial charge in [-0.15, -0.1) is 0 Å². The number of hydrogen-bond acceptors (Lipinski definition) is 4. The fourth-order valence-corrected chi connectivity index (χ4v) is 2.15. The van der Waals surface area contributed by atoms with Crippen LogP contribution in [0.2, 0.25) is 0 Å². The summed E-state index contributed by atoms with van der Waals surface area (Å²) in [5.41, 5.74) is 6.11. The highest BCUT2D eigenvalue weighted by molar-refractivity contribution is 5.78. The van der Waals surface area contributed by atoms with Crippen LogP contribution in [0.5, 0.6) is 0 Å². The number of nitrogens with one attached hydrogen (secondary N) is 3. The number of amides is 1. The third-order valence-electron chi connectivity index (χ3n) is 3.37. The molecule has 130 valence electrons. The van der Waals surface area contributed by atoms with Crippen LogP contribution in [-0.2, 0) is 11.2 Å². The second kappa shape index (κ2) is 13.0.